The van der Waals surface area contributed by atoms with Crippen molar-refractivity contribution < 1.29 is 23.1 Å². The van der Waals surface area contributed by atoms with Crippen LogP contribution in [0.2, 0.25) is 5.02 Å². The molecule has 0 aliphatic rings. The highest BCUT2D eigenvalue weighted by atomic mass is 35.5. The predicted octanol–water partition coefficient (Wildman–Crippen LogP) is 4.54. The first kappa shape index (κ1) is 15.8. The van der Waals surface area contributed by atoms with E-state index in [-0.39, 0.29) is 16.4 Å². The number of aromatic carboxylic acids is 1. The molecule has 2 aromatic heterocycles. The molecule has 0 amide bonds. The zero-order valence-corrected chi connectivity index (χ0v) is 12.8. The van der Waals surface area contributed by atoms with Crippen LogP contribution in [0.3, 0.4) is 0 Å². The zero-order valence-electron chi connectivity index (χ0n) is 11.3. The van der Waals surface area contributed by atoms with Crippen molar-refractivity contribution in [1.82, 2.24) is 9.55 Å². The molecule has 9 heteroatoms. The van der Waals surface area contributed by atoms with E-state index in [1.807, 2.05) is 0 Å². The van der Waals surface area contributed by atoms with Crippen molar-refractivity contribution in [3.05, 3.63) is 46.1 Å². The standard InChI is InChI=1S/C14H8ClF3N2O2S/c15-8-1-2-9-7(4-14(16,17)18)5-20(11(9)3-8)13-19-10(6-23-13)12(21)22/h1-3,5-6H,4H2,(H,21,22). The summed E-state index contributed by atoms with van der Waals surface area (Å²) in [6.07, 6.45) is -4.12. The summed E-state index contributed by atoms with van der Waals surface area (Å²) >= 11 is 6.96. The first-order valence-corrected chi connectivity index (χ1v) is 7.56. The number of carboxylic acid groups (broad SMARTS) is 1. The summed E-state index contributed by atoms with van der Waals surface area (Å²) in [5.41, 5.74) is 0.366. The topological polar surface area (TPSA) is 55.1 Å². The second-order valence-corrected chi connectivity index (χ2v) is 6.07. The monoisotopic (exact) mass is 360 g/mol. The first-order chi connectivity index (χ1) is 10.7. The summed E-state index contributed by atoms with van der Waals surface area (Å²) in [4.78, 5) is 14.8. The zero-order chi connectivity index (χ0) is 16.8. The van der Waals surface area contributed by atoms with Crippen molar-refractivity contribution >= 4 is 39.8 Å². The lowest BCUT2D eigenvalue weighted by Gasteiger charge is -2.04. The van der Waals surface area contributed by atoms with Gasteiger partial charge in [-0.05, 0) is 17.7 Å². The highest BCUT2D eigenvalue weighted by Crippen LogP contribution is 2.32. The van der Waals surface area contributed by atoms with E-state index in [9.17, 15) is 18.0 Å². The van der Waals surface area contributed by atoms with E-state index < -0.39 is 18.6 Å². The van der Waals surface area contributed by atoms with Crippen LogP contribution in [0.5, 0.6) is 0 Å². The molecule has 3 aromatic rings. The summed E-state index contributed by atoms with van der Waals surface area (Å²) in [6, 6.07) is 4.55. The number of benzene rings is 1. The molecule has 0 unspecified atom stereocenters. The van der Waals surface area contributed by atoms with E-state index in [1.54, 1.807) is 0 Å². The van der Waals surface area contributed by atoms with Gasteiger partial charge in [0.15, 0.2) is 10.8 Å². The molecule has 0 radical (unpaired) electrons. The lowest BCUT2D eigenvalue weighted by Crippen LogP contribution is -2.11. The molecule has 23 heavy (non-hydrogen) atoms. The minimum absolute atomic E-state index is 0.0799. The van der Waals surface area contributed by atoms with Crippen LogP contribution in [0, 0.1) is 0 Å². The van der Waals surface area contributed by atoms with Crippen molar-refractivity contribution in [1.29, 1.82) is 0 Å². The minimum atomic E-state index is -4.35. The second kappa shape index (κ2) is 5.54. The molecule has 0 spiro atoms. The Morgan fingerprint density at radius 2 is 2.13 bits per heavy atom. The summed E-state index contributed by atoms with van der Waals surface area (Å²) in [5.74, 6) is -1.20. The van der Waals surface area contributed by atoms with Gasteiger partial charge in [0.2, 0.25) is 0 Å². The quantitative estimate of drug-likeness (QED) is 0.745. The van der Waals surface area contributed by atoms with Gasteiger partial charge in [-0.1, -0.05) is 17.7 Å². The van der Waals surface area contributed by atoms with Crippen LogP contribution in [0.1, 0.15) is 16.1 Å². The predicted molar refractivity (Wildman–Crippen MR) is 80.7 cm³/mol. The van der Waals surface area contributed by atoms with Gasteiger partial charge >= 0.3 is 12.1 Å². The fourth-order valence-electron chi connectivity index (χ4n) is 2.26. The molecule has 1 aromatic carbocycles. The maximum Gasteiger partial charge on any atom is 0.393 e. The number of carbonyl (C=O) groups is 1. The highest BCUT2D eigenvalue weighted by molar-refractivity contribution is 7.12. The summed E-state index contributed by atoms with van der Waals surface area (Å²) in [6.45, 7) is 0. The third-order valence-corrected chi connectivity index (χ3v) is 4.23. The molecule has 4 nitrogen and oxygen atoms in total. The second-order valence-electron chi connectivity index (χ2n) is 4.80. The molecule has 2 heterocycles. The molecule has 3 rings (SSSR count). The third kappa shape index (κ3) is 3.18. The van der Waals surface area contributed by atoms with Gasteiger partial charge in [-0.2, -0.15) is 13.2 Å². The van der Waals surface area contributed by atoms with Crippen molar-refractivity contribution in [3.63, 3.8) is 0 Å². The molecule has 120 valence electrons. The van der Waals surface area contributed by atoms with Gasteiger partial charge < -0.3 is 5.11 Å². The van der Waals surface area contributed by atoms with E-state index in [0.29, 0.717) is 15.9 Å². The fraction of sp³-hybridized carbons (Fsp3) is 0.143. The highest BCUT2D eigenvalue weighted by Gasteiger charge is 2.30. The lowest BCUT2D eigenvalue weighted by atomic mass is 10.1. The van der Waals surface area contributed by atoms with E-state index >= 15 is 0 Å². The van der Waals surface area contributed by atoms with Crippen LogP contribution in [0.4, 0.5) is 13.2 Å². The van der Waals surface area contributed by atoms with Crippen LogP contribution >= 0.6 is 22.9 Å². The van der Waals surface area contributed by atoms with Crippen LogP contribution in [0.25, 0.3) is 16.0 Å². The van der Waals surface area contributed by atoms with Crippen LogP contribution in [-0.2, 0) is 6.42 Å². The number of rotatable bonds is 3. The Balaban J connectivity index is 2.19. The van der Waals surface area contributed by atoms with Gasteiger partial charge in [-0.15, -0.1) is 11.3 Å². The molecule has 0 saturated heterocycles. The summed E-state index contributed by atoms with van der Waals surface area (Å²) < 4.78 is 39.7. The number of hydrogen-bond donors (Lipinski definition) is 1. The Labute approximate surface area is 136 Å². The average Bonchev–Trinajstić information content (AvgIpc) is 3.02. The number of nitrogens with zero attached hydrogens (tertiary/aromatic N) is 2. The minimum Gasteiger partial charge on any atom is -0.476 e. The SMILES string of the molecule is O=C(O)c1csc(-n2cc(CC(F)(F)F)c3ccc(Cl)cc32)n1. The fourth-order valence-corrected chi connectivity index (χ4v) is 3.21. The van der Waals surface area contributed by atoms with Gasteiger partial charge in [-0.3, -0.25) is 4.57 Å². The Bertz CT molecular complexity index is 901. The normalized spacial score (nSPS) is 12.0. The molecule has 0 bridgehead atoms. The molecular formula is C14H8ClF3N2O2S. The van der Waals surface area contributed by atoms with Crippen molar-refractivity contribution in [3.8, 4) is 5.13 Å². The number of halogens is 4. The van der Waals surface area contributed by atoms with E-state index in [1.165, 1.54) is 34.3 Å². The van der Waals surface area contributed by atoms with E-state index in [2.05, 4.69) is 4.98 Å². The number of alkyl halides is 3. The average molecular weight is 361 g/mol. The van der Waals surface area contributed by atoms with Crippen molar-refractivity contribution in [2.75, 3.05) is 0 Å². The molecule has 1 N–H and O–H groups in total. The number of thiazole rings is 1. The maximum atomic E-state index is 12.7. The summed E-state index contributed by atoms with van der Waals surface area (Å²) in [7, 11) is 0. The largest absolute Gasteiger partial charge is 0.476 e. The van der Waals surface area contributed by atoms with Crippen molar-refractivity contribution in [2.24, 2.45) is 0 Å². The van der Waals surface area contributed by atoms with E-state index in [0.717, 1.165) is 11.3 Å². The van der Waals surface area contributed by atoms with Gasteiger partial charge in [0.05, 0.1) is 11.9 Å². The first-order valence-electron chi connectivity index (χ1n) is 6.30. The van der Waals surface area contributed by atoms with Crippen LogP contribution in [-0.4, -0.2) is 26.8 Å². The van der Waals surface area contributed by atoms with Gasteiger partial charge in [0.1, 0.15) is 0 Å². The molecular weight excluding hydrogens is 353 g/mol. The Morgan fingerprint density at radius 1 is 1.39 bits per heavy atom. The van der Waals surface area contributed by atoms with Gasteiger partial charge in [0, 0.05) is 22.0 Å². The van der Waals surface area contributed by atoms with Gasteiger partial charge in [-0.25, -0.2) is 9.78 Å². The Kier molecular flexibility index (Phi) is 3.81. The Morgan fingerprint density at radius 3 is 2.74 bits per heavy atom. The van der Waals surface area contributed by atoms with Crippen molar-refractivity contribution in [2.45, 2.75) is 12.6 Å². The molecule has 0 atom stereocenters. The number of aromatic nitrogens is 2. The number of hydrogen-bond acceptors (Lipinski definition) is 3. The lowest BCUT2D eigenvalue weighted by molar-refractivity contribution is -0.127. The Hall–Kier alpha value is -2.06. The van der Waals surface area contributed by atoms with Crippen LogP contribution < -0.4 is 0 Å². The molecule has 0 aliphatic carbocycles. The molecule has 0 aliphatic heterocycles. The number of carboxylic acids is 1. The smallest absolute Gasteiger partial charge is 0.393 e. The van der Waals surface area contributed by atoms with Crippen LogP contribution in [0.15, 0.2) is 29.8 Å². The van der Waals surface area contributed by atoms with E-state index in [4.69, 9.17) is 16.7 Å². The maximum absolute atomic E-state index is 12.7. The molecule has 0 fully saturated rings. The van der Waals surface area contributed by atoms with Gasteiger partial charge in [0.25, 0.3) is 0 Å². The summed E-state index contributed by atoms with van der Waals surface area (Å²) in [5, 5.41) is 11.3. The third-order valence-electron chi connectivity index (χ3n) is 3.16. The number of fused-ring (bicyclic) bond motifs is 1. The molecule has 0 saturated carbocycles.